The largest absolute Gasteiger partial charge is 0.380 e. The molecule has 6 nitrogen and oxygen atoms in total. The normalized spacial score (nSPS) is 13.2. The third-order valence-electron chi connectivity index (χ3n) is 2.75. The number of methoxy groups -OCH3 is 1. The van der Waals surface area contributed by atoms with Crippen LogP contribution in [0.2, 0.25) is 0 Å². The van der Waals surface area contributed by atoms with Crippen molar-refractivity contribution in [1.29, 1.82) is 0 Å². The van der Waals surface area contributed by atoms with E-state index in [1.165, 1.54) is 19.2 Å². The molecule has 0 saturated heterocycles. The summed E-state index contributed by atoms with van der Waals surface area (Å²) in [4.78, 5) is 11.2. The summed E-state index contributed by atoms with van der Waals surface area (Å²) >= 11 is 0. The Morgan fingerprint density at radius 2 is 2.11 bits per heavy atom. The monoisotopic (exact) mass is 286 g/mol. The highest BCUT2D eigenvalue weighted by Gasteiger charge is 2.17. The van der Waals surface area contributed by atoms with Crippen molar-refractivity contribution >= 4 is 15.9 Å². The zero-order valence-electron chi connectivity index (χ0n) is 11.1. The van der Waals surface area contributed by atoms with Gasteiger partial charge >= 0.3 is 0 Å². The van der Waals surface area contributed by atoms with Crippen molar-refractivity contribution < 1.29 is 17.9 Å². The Labute approximate surface area is 113 Å². The number of carbonyl (C=O) groups excluding carboxylic acids is 1. The Morgan fingerprint density at radius 3 is 2.63 bits per heavy atom. The number of carbonyl (C=O) groups is 1. The fourth-order valence-corrected chi connectivity index (χ4v) is 2.57. The van der Waals surface area contributed by atoms with Gasteiger partial charge < -0.3 is 10.5 Å². The highest BCUT2D eigenvalue weighted by molar-refractivity contribution is 7.89. The number of aryl methyl sites for hydroxylation is 1. The maximum Gasteiger partial charge on any atom is 0.249 e. The summed E-state index contributed by atoms with van der Waals surface area (Å²) in [6.07, 6.45) is -0.240. The molecule has 0 aliphatic heterocycles. The SMILES string of the molecule is COC(C)CNS(=O)(=O)c1ccc(C)c(C(N)=O)c1. The summed E-state index contributed by atoms with van der Waals surface area (Å²) in [6, 6.07) is 4.26. The molecule has 1 aromatic carbocycles. The van der Waals surface area contributed by atoms with E-state index in [1.807, 2.05) is 0 Å². The Kier molecular flexibility index (Phi) is 5.04. The second-order valence-electron chi connectivity index (χ2n) is 4.24. The van der Waals surface area contributed by atoms with Crippen LogP contribution >= 0.6 is 0 Å². The minimum Gasteiger partial charge on any atom is -0.380 e. The van der Waals surface area contributed by atoms with Gasteiger partial charge in [-0.25, -0.2) is 13.1 Å². The lowest BCUT2D eigenvalue weighted by atomic mass is 10.1. The summed E-state index contributed by atoms with van der Waals surface area (Å²) in [5.74, 6) is -0.653. The smallest absolute Gasteiger partial charge is 0.249 e. The minimum atomic E-state index is -3.68. The van der Waals surface area contributed by atoms with Gasteiger partial charge in [0.15, 0.2) is 0 Å². The van der Waals surface area contributed by atoms with Crippen LogP contribution < -0.4 is 10.5 Å². The molecule has 106 valence electrons. The second kappa shape index (κ2) is 6.14. The van der Waals surface area contributed by atoms with Crippen LogP contribution in [0.25, 0.3) is 0 Å². The fourth-order valence-electron chi connectivity index (χ4n) is 1.43. The number of amides is 1. The number of benzene rings is 1. The number of nitrogens with one attached hydrogen (secondary N) is 1. The minimum absolute atomic E-state index is 0.00945. The van der Waals surface area contributed by atoms with Crippen LogP contribution in [0, 0.1) is 6.92 Å². The van der Waals surface area contributed by atoms with Crippen LogP contribution in [0.3, 0.4) is 0 Å². The number of nitrogens with two attached hydrogens (primary N) is 1. The average Bonchev–Trinajstić information content (AvgIpc) is 2.35. The molecule has 3 N–H and O–H groups in total. The summed E-state index contributed by atoms with van der Waals surface area (Å²) in [5.41, 5.74) is 6.03. The van der Waals surface area contributed by atoms with Crippen molar-refractivity contribution in [3.05, 3.63) is 29.3 Å². The van der Waals surface area contributed by atoms with E-state index in [-0.39, 0.29) is 23.1 Å². The maximum atomic E-state index is 12.0. The van der Waals surface area contributed by atoms with Crippen LogP contribution in [-0.4, -0.2) is 34.1 Å². The average molecular weight is 286 g/mol. The quantitative estimate of drug-likeness (QED) is 0.791. The van der Waals surface area contributed by atoms with Gasteiger partial charge in [-0.2, -0.15) is 0 Å². The Balaban J connectivity index is 3.02. The van der Waals surface area contributed by atoms with E-state index in [4.69, 9.17) is 10.5 Å². The molecule has 19 heavy (non-hydrogen) atoms. The molecule has 0 spiro atoms. The van der Waals surface area contributed by atoms with Gasteiger partial charge in [0, 0.05) is 19.2 Å². The van der Waals surface area contributed by atoms with E-state index >= 15 is 0 Å². The van der Waals surface area contributed by atoms with Crippen LogP contribution in [0.5, 0.6) is 0 Å². The number of primary amides is 1. The topological polar surface area (TPSA) is 98.5 Å². The zero-order chi connectivity index (χ0) is 14.6. The number of hydrogen-bond acceptors (Lipinski definition) is 4. The molecule has 0 saturated carbocycles. The molecule has 0 aliphatic carbocycles. The van der Waals surface area contributed by atoms with Crippen LogP contribution in [0.1, 0.15) is 22.8 Å². The molecule has 0 heterocycles. The standard InChI is InChI=1S/C12H18N2O4S/c1-8-4-5-10(6-11(8)12(13)15)19(16,17)14-7-9(2)18-3/h4-6,9,14H,7H2,1-3H3,(H2,13,15). The second-order valence-corrected chi connectivity index (χ2v) is 6.01. The molecular weight excluding hydrogens is 268 g/mol. The van der Waals surface area contributed by atoms with Gasteiger partial charge in [-0.3, -0.25) is 4.79 Å². The van der Waals surface area contributed by atoms with Crippen molar-refractivity contribution in [2.45, 2.75) is 24.8 Å². The van der Waals surface area contributed by atoms with E-state index in [2.05, 4.69) is 4.72 Å². The zero-order valence-corrected chi connectivity index (χ0v) is 12.0. The van der Waals surface area contributed by atoms with E-state index in [9.17, 15) is 13.2 Å². The van der Waals surface area contributed by atoms with Gasteiger partial charge in [-0.1, -0.05) is 6.07 Å². The first kappa shape index (κ1) is 15.6. The lowest BCUT2D eigenvalue weighted by molar-refractivity contribution is 0.0999. The first-order valence-electron chi connectivity index (χ1n) is 5.71. The van der Waals surface area contributed by atoms with E-state index < -0.39 is 15.9 Å². The number of ether oxygens (including phenoxy) is 1. The molecule has 0 bridgehead atoms. The van der Waals surface area contributed by atoms with Crippen molar-refractivity contribution in [3.63, 3.8) is 0 Å². The molecule has 1 unspecified atom stereocenters. The van der Waals surface area contributed by atoms with Crippen LogP contribution in [0.15, 0.2) is 23.1 Å². The first-order valence-corrected chi connectivity index (χ1v) is 7.19. The van der Waals surface area contributed by atoms with Gasteiger partial charge in [0.2, 0.25) is 15.9 Å². The highest BCUT2D eigenvalue weighted by Crippen LogP contribution is 2.15. The molecule has 1 atom stereocenters. The summed E-state index contributed by atoms with van der Waals surface area (Å²) < 4.78 is 31.4. The third-order valence-corrected chi connectivity index (χ3v) is 4.17. The van der Waals surface area contributed by atoms with Crippen LogP contribution in [0.4, 0.5) is 0 Å². The van der Waals surface area contributed by atoms with Gasteiger partial charge in [0.1, 0.15) is 0 Å². The fraction of sp³-hybridized carbons (Fsp3) is 0.417. The van der Waals surface area contributed by atoms with Gasteiger partial charge in [0.25, 0.3) is 0 Å². The van der Waals surface area contributed by atoms with Gasteiger partial charge in [-0.15, -0.1) is 0 Å². The highest BCUT2D eigenvalue weighted by atomic mass is 32.2. The van der Waals surface area contributed by atoms with Crippen molar-refractivity contribution in [2.24, 2.45) is 5.73 Å². The molecule has 0 aromatic heterocycles. The number of hydrogen-bond donors (Lipinski definition) is 2. The molecule has 0 fully saturated rings. The molecular formula is C12H18N2O4S. The van der Waals surface area contributed by atoms with Crippen molar-refractivity contribution in [3.8, 4) is 0 Å². The third kappa shape index (κ3) is 4.02. The molecule has 0 aliphatic rings. The molecule has 1 amide bonds. The van der Waals surface area contributed by atoms with Crippen molar-refractivity contribution in [1.82, 2.24) is 4.72 Å². The van der Waals surface area contributed by atoms with Gasteiger partial charge in [-0.05, 0) is 31.5 Å². The lowest BCUT2D eigenvalue weighted by Crippen LogP contribution is -2.31. The molecule has 1 aromatic rings. The van der Waals surface area contributed by atoms with E-state index in [0.717, 1.165) is 0 Å². The van der Waals surface area contributed by atoms with Crippen LogP contribution in [-0.2, 0) is 14.8 Å². The molecule has 0 radical (unpaired) electrons. The summed E-state index contributed by atoms with van der Waals surface area (Å²) in [6.45, 7) is 3.59. The predicted molar refractivity (Wildman–Crippen MR) is 71.4 cm³/mol. The Bertz CT molecular complexity index is 569. The predicted octanol–water partition coefficient (Wildman–Crippen LogP) is 0.407. The van der Waals surface area contributed by atoms with Gasteiger partial charge in [0.05, 0.1) is 11.0 Å². The van der Waals surface area contributed by atoms with Crippen molar-refractivity contribution in [2.75, 3.05) is 13.7 Å². The Morgan fingerprint density at radius 1 is 1.47 bits per heavy atom. The first-order chi connectivity index (χ1) is 8.77. The maximum absolute atomic E-state index is 12.0. The molecule has 1 rings (SSSR count). The molecule has 7 heteroatoms. The number of sulfonamides is 1. The summed E-state index contributed by atoms with van der Waals surface area (Å²) in [7, 11) is -2.18. The lowest BCUT2D eigenvalue weighted by Gasteiger charge is -2.12. The van der Waals surface area contributed by atoms with E-state index in [0.29, 0.717) is 5.56 Å². The Hall–Kier alpha value is -1.44. The summed E-state index contributed by atoms with van der Waals surface area (Å²) in [5, 5.41) is 0. The van der Waals surface area contributed by atoms with E-state index in [1.54, 1.807) is 19.9 Å². The number of rotatable bonds is 6.